The zero-order chi connectivity index (χ0) is 52.9. The molecule has 6 nitrogen and oxygen atoms in total. The monoisotopic (exact) mass is 1020 g/mol. The minimum atomic E-state index is 0.953. The third-order valence-electron chi connectivity index (χ3n) is 15.5. The van der Waals surface area contributed by atoms with Gasteiger partial charge in [0.05, 0.1) is 44.8 Å². The molecule has 16 rings (SSSR count). The van der Waals surface area contributed by atoms with E-state index in [2.05, 4.69) is 240 Å². The normalized spacial score (nSPS) is 11.5. The van der Waals surface area contributed by atoms with E-state index in [1.54, 1.807) is 24.8 Å². The minimum absolute atomic E-state index is 0.953. The average Bonchev–Trinajstić information content (AvgIpc) is 3.56. The van der Waals surface area contributed by atoms with Crippen LogP contribution in [-0.2, 0) is 0 Å². The van der Waals surface area contributed by atoms with Gasteiger partial charge in [-0.15, -0.1) is 0 Å². The van der Waals surface area contributed by atoms with Crippen molar-refractivity contribution < 1.29 is 0 Å². The number of rotatable bonds is 6. The standard InChI is InChI=1S/2C37H23N3/c1-2-6-30-27(5-1)23-33(32-8-4-3-7-31(30)32)37-16-12-29-22-26(10-14-36(29)40-37)25-9-13-35-28(21-25)11-15-34(39-35)24-17-19-38-20-18-24;1-2-6-31-24(4-1)8-9-26-5-3-7-32(37(26)31)36-17-13-30-23-28(11-15-35(30)40-36)27-10-14-34-29(22-27)12-16-33(39-34)25-18-20-38-21-19-25/h2*1-23H. The molecule has 10 aromatic carbocycles. The summed E-state index contributed by atoms with van der Waals surface area (Å²) in [6.45, 7) is 0. The smallest absolute Gasteiger partial charge is 0.0716 e. The molecule has 16 aromatic rings. The number of hydrogen-bond donors (Lipinski definition) is 0. The van der Waals surface area contributed by atoms with Gasteiger partial charge in [-0.05, 0) is 168 Å². The number of pyridine rings is 6. The highest BCUT2D eigenvalue weighted by Crippen LogP contribution is 2.38. The highest BCUT2D eigenvalue weighted by atomic mass is 14.7. The van der Waals surface area contributed by atoms with E-state index in [1.807, 2.05) is 24.3 Å². The second-order valence-electron chi connectivity index (χ2n) is 20.3. The van der Waals surface area contributed by atoms with Crippen LogP contribution in [0.4, 0.5) is 0 Å². The first-order valence-electron chi connectivity index (χ1n) is 26.9. The summed E-state index contributed by atoms with van der Waals surface area (Å²) in [5.74, 6) is 0. The topological polar surface area (TPSA) is 77.3 Å². The van der Waals surface area contributed by atoms with Crippen molar-refractivity contribution in [1.82, 2.24) is 29.9 Å². The predicted molar refractivity (Wildman–Crippen MR) is 332 cm³/mol. The van der Waals surface area contributed by atoms with Crippen LogP contribution in [-0.4, -0.2) is 29.9 Å². The predicted octanol–water partition coefficient (Wildman–Crippen LogP) is 19.0. The van der Waals surface area contributed by atoms with E-state index in [9.17, 15) is 0 Å². The first-order valence-corrected chi connectivity index (χ1v) is 26.9. The Bertz CT molecular complexity index is 4870. The van der Waals surface area contributed by atoms with Crippen LogP contribution in [0, 0.1) is 0 Å². The molecule has 0 aliphatic heterocycles. The molecule has 0 unspecified atom stereocenters. The third kappa shape index (κ3) is 8.58. The van der Waals surface area contributed by atoms with Crippen molar-refractivity contribution in [2.45, 2.75) is 0 Å². The van der Waals surface area contributed by atoms with Gasteiger partial charge in [0, 0.05) is 68.6 Å². The van der Waals surface area contributed by atoms with Crippen LogP contribution < -0.4 is 0 Å². The van der Waals surface area contributed by atoms with Crippen molar-refractivity contribution in [3.8, 4) is 67.3 Å². The van der Waals surface area contributed by atoms with E-state index in [-0.39, 0.29) is 0 Å². The summed E-state index contributed by atoms with van der Waals surface area (Å²) in [6.07, 6.45) is 7.19. The van der Waals surface area contributed by atoms with Crippen molar-refractivity contribution >= 4 is 86.7 Å². The molecule has 0 aliphatic carbocycles. The van der Waals surface area contributed by atoms with Gasteiger partial charge >= 0.3 is 0 Å². The van der Waals surface area contributed by atoms with Gasteiger partial charge < -0.3 is 0 Å². The average molecular weight is 1020 g/mol. The van der Waals surface area contributed by atoms with Gasteiger partial charge in [0.15, 0.2) is 0 Å². The van der Waals surface area contributed by atoms with Crippen molar-refractivity contribution in [3.63, 3.8) is 0 Å². The largest absolute Gasteiger partial charge is 0.265 e. The van der Waals surface area contributed by atoms with Gasteiger partial charge in [-0.1, -0.05) is 152 Å². The van der Waals surface area contributed by atoms with Crippen LogP contribution in [0.15, 0.2) is 280 Å². The Hall–Kier alpha value is -10.8. The fourth-order valence-electron chi connectivity index (χ4n) is 11.4. The molecule has 0 atom stereocenters. The van der Waals surface area contributed by atoms with Crippen molar-refractivity contribution in [2.24, 2.45) is 0 Å². The molecule has 0 aliphatic rings. The number of benzene rings is 10. The first kappa shape index (κ1) is 46.5. The summed E-state index contributed by atoms with van der Waals surface area (Å²) in [5.41, 5.74) is 16.9. The highest BCUT2D eigenvalue weighted by Gasteiger charge is 2.14. The lowest BCUT2D eigenvalue weighted by atomic mass is 9.95. The fourth-order valence-corrected chi connectivity index (χ4v) is 11.4. The SMILES string of the molecule is c1ccc2c(c1)cc(-c1ccc3cc(-c4ccc5nc(-c6ccncc6)ccc5c4)ccc3n1)c1ccccc12.c1ccc2c(c1)ccc1cccc(-c3ccc4cc(-c5ccc6nc(-c7ccncc7)ccc6c5)ccc4n3)c12. The number of nitrogens with zero attached hydrogens (tertiary/aromatic N) is 6. The molecular formula is C74H46N6. The molecule has 372 valence electrons. The van der Waals surface area contributed by atoms with Gasteiger partial charge in [0.2, 0.25) is 0 Å². The van der Waals surface area contributed by atoms with E-state index in [0.717, 1.165) is 99.8 Å². The first-order chi connectivity index (χ1) is 39.6. The maximum atomic E-state index is 5.11. The van der Waals surface area contributed by atoms with Crippen LogP contribution in [0.1, 0.15) is 0 Å². The van der Waals surface area contributed by atoms with E-state index in [4.69, 9.17) is 19.9 Å². The summed E-state index contributed by atoms with van der Waals surface area (Å²) >= 11 is 0. The Morgan fingerprint density at radius 1 is 0.200 bits per heavy atom. The summed E-state index contributed by atoms with van der Waals surface area (Å²) in [6, 6.07) is 89.9. The fraction of sp³-hybridized carbons (Fsp3) is 0. The lowest BCUT2D eigenvalue weighted by Gasteiger charge is -2.12. The third-order valence-corrected chi connectivity index (χ3v) is 15.5. The van der Waals surface area contributed by atoms with Gasteiger partial charge in [-0.2, -0.15) is 0 Å². The Kier molecular flexibility index (Phi) is 11.4. The van der Waals surface area contributed by atoms with Crippen LogP contribution in [0.5, 0.6) is 0 Å². The molecule has 0 saturated heterocycles. The quantitative estimate of drug-likeness (QED) is 0.154. The zero-order valence-electron chi connectivity index (χ0n) is 43.2. The molecule has 6 heterocycles. The molecule has 0 bridgehead atoms. The molecule has 0 N–H and O–H groups in total. The lowest BCUT2D eigenvalue weighted by Crippen LogP contribution is -1.89. The maximum absolute atomic E-state index is 5.11. The maximum Gasteiger partial charge on any atom is 0.0716 e. The second-order valence-corrected chi connectivity index (χ2v) is 20.3. The number of hydrogen-bond acceptors (Lipinski definition) is 6. The van der Waals surface area contributed by atoms with Gasteiger partial charge in [0.1, 0.15) is 0 Å². The van der Waals surface area contributed by atoms with Crippen LogP contribution >= 0.6 is 0 Å². The Morgan fingerprint density at radius 3 is 1.11 bits per heavy atom. The van der Waals surface area contributed by atoms with E-state index in [1.165, 1.54) is 54.2 Å². The van der Waals surface area contributed by atoms with Crippen LogP contribution in [0.25, 0.3) is 154 Å². The van der Waals surface area contributed by atoms with Gasteiger partial charge in [-0.3, -0.25) is 9.97 Å². The van der Waals surface area contributed by atoms with Gasteiger partial charge in [-0.25, -0.2) is 19.9 Å². The van der Waals surface area contributed by atoms with Gasteiger partial charge in [0.25, 0.3) is 0 Å². The van der Waals surface area contributed by atoms with Crippen LogP contribution in [0.3, 0.4) is 0 Å². The Balaban J connectivity index is 0.000000138. The molecule has 0 amide bonds. The Labute approximate surface area is 461 Å². The summed E-state index contributed by atoms with van der Waals surface area (Å²) in [7, 11) is 0. The summed E-state index contributed by atoms with van der Waals surface area (Å²) in [5, 5.41) is 14.4. The molecule has 0 radical (unpaired) electrons. The van der Waals surface area contributed by atoms with Crippen molar-refractivity contribution in [3.05, 3.63) is 280 Å². The van der Waals surface area contributed by atoms with Crippen molar-refractivity contribution in [2.75, 3.05) is 0 Å². The zero-order valence-corrected chi connectivity index (χ0v) is 43.2. The Morgan fingerprint density at radius 2 is 0.588 bits per heavy atom. The molecule has 0 saturated carbocycles. The van der Waals surface area contributed by atoms with E-state index in [0.29, 0.717) is 0 Å². The lowest BCUT2D eigenvalue weighted by molar-refractivity contribution is 1.31. The highest BCUT2D eigenvalue weighted by molar-refractivity contribution is 6.15. The summed E-state index contributed by atoms with van der Waals surface area (Å²) < 4.78 is 0. The molecule has 0 spiro atoms. The molecular weight excluding hydrogens is 973 g/mol. The number of fused-ring (bicyclic) bond motifs is 10. The summed E-state index contributed by atoms with van der Waals surface area (Å²) in [4.78, 5) is 28.2. The number of aromatic nitrogens is 6. The minimum Gasteiger partial charge on any atom is -0.265 e. The molecule has 0 fully saturated rings. The molecule has 6 heteroatoms. The second kappa shape index (κ2) is 19.6. The van der Waals surface area contributed by atoms with Crippen molar-refractivity contribution in [1.29, 1.82) is 0 Å². The molecule has 80 heavy (non-hydrogen) atoms. The van der Waals surface area contributed by atoms with E-state index < -0.39 is 0 Å². The van der Waals surface area contributed by atoms with E-state index >= 15 is 0 Å². The van der Waals surface area contributed by atoms with Crippen LogP contribution in [0.2, 0.25) is 0 Å². The molecule has 6 aromatic heterocycles.